The zero-order valence-corrected chi connectivity index (χ0v) is 10.1. The minimum Gasteiger partial charge on any atom is -0.379 e. The van der Waals surface area contributed by atoms with Gasteiger partial charge in [-0.05, 0) is 13.3 Å². The number of nitrogens with two attached hydrogens (primary N) is 1. The fourth-order valence-electron chi connectivity index (χ4n) is 1.94. The molecule has 94 valence electrons. The van der Waals surface area contributed by atoms with E-state index >= 15 is 0 Å². The van der Waals surface area contributed by atoms with Gasteiger partial charge in [0.25, 0.3) is 0 Å². The molecule has 0 aliphatic carbocycles. The minimum absolute atomic E-state index is 0.115. The predicted molar refractivity (Wildman–Crippen MR) is 60.1 cm³/mol. The number of likely N-dealkylation sites (N-methyl/N-ethyl adjacent to an activating group) is 1. The Morgan fingerprint density at radius 2 is 2.47 bits per heavy atom. The second kappa shape index (κ2) is 4.46. The van der Waals surface area contributed by atoms with Crippen LogP contribution in [0.5, 0.6) is 0 Å². The molecule has 6 heteroatoms. The van der Waals surface area contributed by atoms with Gasteiger partial charge in [-0.1, -0.05) is 5.16 Å². The van der Waals surface area contributed by atoms with Crippen molar-refractivity contribution in [3.63, 3.8) is 0 Å². The minimum atomic E-state index is -0.881. The lowest BCUT2D eigenvalue weighted by molar-refractivity contribution is -0.136. The van der Waals surface area contributed by atoms with E-state index in [-0.39, 0.29) is 12.5 Å². The number of amides is 1. The normalized spacial score (nSPS) is 23.9. The molecule has 1 atom stereocenters. The molecule has 6 nitrogen and oxygen atoms in total. The first-order valence-electron chi connectivity index (χ1n) is 5.56. The van der Waals surface area contributed by atoms with Gasteiger partial charge >= 0.3 is 0 Å². The molecule has 0 spiro atoms. The Labute approximate surface area is 99.7 Å². The van der Waals surface area contributed by atoms with Gasteiger partial charge in [0, 0.05) is 19.7 Å². The largest absolute Gasteiger partial charge is 0.379 e. The number of carbonyl (C=O) groups is 1. The van der Waals surface area contributed by atoms with Crippen LogP contribution in [0.4, 0.5) is 0 Å². The van der Waals surface area contributed by atoms with Crippen LogP contribution >= 0.6 is 0 Å². The maximum absolute atomic E-state index is 12.1. The lowest BCUT2D eigenvalue weighted by Crippen LogP contribution is -2.54. The standard InChI is InChI=1S/C11H17N3O3/c1-8-5-9(13-17-8)6-14(2)10(15)11(12)3-4-16-7-11/h5H,3-4,6-7,12H2,1-2H3. The molecule has 1 amide bonds. The van der Waals surface area contributed by atoms with E-state index in [4.69, 9.17) is 15.0 Å². The van der Waals surface area contributed by atoms with Crippen LogP contribution in [0.25, 0.3) is 0 Å². The number of aromatic nitrogens is 1. The maximum Gasteiger partial charge on any atom is 0.245 e. The van der Waals surface area contributed by atoms with Crippen LogP contribution in [0.1, 0.15) is 17.9 Å². The van der Waals surface area contributed by atoms with Gasteiger partial charge in [0.05, 0.1) is 13.2 Å². The first-order chi connectivity index (χ1) is 8.01. The topological polar surface area (TPSA) is 81.6 Å². The Balaban J connectivity index is 2.00. The number of rotatable bonds is 3. The molecule has 0 saturated carbocycles. The van der Waals surface area contributed by atoms with Gasteiger partial charge in [0.15, 0.2) is 0 Å². The highest BCUT2D eigenvalue weighted by Gasteiger charge is 2.40. The lowest BCUT2D eigenvalue weighted by atomic mass is 9.98. The summed E-state index contributed by atoms with van der Waals surface area (Å²) in [5.41, 5.74) is 5.84. The van der Waals surface area contributed by atoms with Gasteiger partial charge in [-0.2, -0.15) is 0 Å². The van der Waals surface area contributed by atoms with E-state index in [9.17, 15) is 4.79 Å². The SMILES string of the molecule is Cc1cc(CN(C)C(=O)C2(N)CCOC2)no1. The summed E-state index contributed by atoms with van der Waals surface area (Å²) in [4.78, 5) is 13.7. The maximum atomic E-state index is 12.1. The molecule has 0 bridgehead atoms. The second-order valence-corrected chi connectivity index (χ2v) is 4.55. The summed E-state index contributed by atoms with van der Waals surface area (Å²) in [5, 5.41) is 3.85. The third-order valence-corrected chi connectivity index (χ3v) is 2.90. The Hall–Kier alpha value is -1.40. The molecule has 17 heavy (non-hydrogen) atoms. The Bertz CT molecular complexity index is 410. The zero-order chi connectivity index (χ0) is 12.5. The van der Waals surface area contributed by atoms with Gasteiger partial charge in [0.1, 0.15) is 17.0 Å². The first-order valence-corrected chi connectivity index (χ1v) is 5.56. The zero-order valence-electron chi connectivity index (χ0n) is 10.1. The number of aryl methyl sites for hydroxylation is 1. The Kier molecular flexibility index (Phi) is 3.17. The molecular weight excluding hydrogens is 222 g/mol. The summed E-state index contributed by atoms with van der Waals surface area (Å²) in [6, 6.07) is 1.80. The highest BCUT2D eigenvalue weighted by atomic mass is 16.5. The van der Waals surface area contributed by atoms with Gasteiger partial charge in [0.2, 0.25) is 5.91 Å². The summed E-state index contributed by atoms with van der Waals surface area (Å²) in [5.74, 6) is 0.614. The molecule has 0 radical (unpaired) electrons. The van der Waals surface area contributed by atoms with Crippen molar-refractivity contribution in [2.75, 3.05) is 20.3 Å². The smallest absolute Gasteiger partial charge is 0.245 e. The molecule has 1 aromatic heterocycles. The van der Waals surface area contributed by atoms with E-state index in [0.717, 1.165) is 11.5 Å². The van der Waals surface area contributed by atoms with Crippen molar-refractivity contribution >= 4 is 5.91 Å². The van der Waals surface area contributed by atoms with Crippen molar-refractivity contribution in [1.82, 2.24) is 10.1 Å². The predicted octanol–water partition coefficient (Wildman–Crippen LogP) is 0.0592. The van der Waals surface area contributed by atoms with Gasteiger partial charge < -0.3 is 19.9 Å². The molecule has 1 fully saturated rings. The monoisotopic (exact) mass is 239 g/mol. The van der Waals surface area contributed by atoms with Gasteiger partial charge in [-0.25, -0.2) is 0 Å². The quantitative estimate of drug-likeness (QED) is 0.806. The fraction of sp³-hybridized carbons (Fsp3) is 0.636. The van der Waals surface area contributed by atoms with Gasteiger partial charge in [-0.3, -0.25) is 4.79 Å². The van der Waals surface area contributed by atoms with Gasteiger partial charge in [-0.15, -0.1) is 0 Å². The lowest BCUT2D eigenvalue weighted by Gasteiger charge is -2.26. The third kappa shape index (κ3) is 2.48. The summed E-state index contributed by atoms with van der Waals surface area (Å²) in [6.45, 7) is 3.04. The molecule has 1 aliphatic rings. The molecular formula is C11H17N3O3. The Morgan fingerprint density at radius 3 is 3.00 bits per heavy atom. The molecule has 0 aromatic carbocycles. The number of nitrogens with zero attached hydrogens (tertiary/aromatic N) is 2. The highest BCUT2D eigenvalue weighted by molar-refractivity contribution is 5.86. The molecule has 2 rings (SSSR count). The summed E-state index contributed by atoms with van der Waals surface area (Å²) < 4.78 is 10.1. The van der Waals surface area contributed by atoms with Crippen molar-refractivity contribution in [3.05, 3.63) is 17.5 Å². The van der Waals surface area contributed by atoms with Crippen molar-refractivity contribution in [1.29, 1.82) is 0 Å². The van der Waals surface area contributed by atoms with Crippen LogP contribution in [0.2, 0.25) is 0 Å². The van der Waals surface area contributed by atoms with E-state index in [1.807, 2.05) is 6.92 Å². The van der Waals surface area contributed by atoms with E-state index < -0.39 is 5.54 Å². The highest BCUT2D eigenvalue weighted by Crippen LogP contribution is 2.18. The fourth-order valence-corrected chi connectivity index (χ4v) is 1.94. The number of hydrogen-bond acceptors (Lipinski definition) is 5. The number of carbonyl (C=O) groups excluding carboxylic acids is 1. The average Bonchev–Trinajstić information content (AvgIpc) is 2.88. The average molecular weight is 239 g/mol. The van der Waals surface area contributed by atoms with Crippen LogP contribution in [0.15, 0.2) is 10.6 Å². The number of hydrogen-bond donors (Lipinski definition) is 1. The van der Waals surface area contributed by atoms with Crippen molar-refractivity contribution < 1.29 is 14.1 Å². The van der Waals surface area contributed by atoms with Crippen LogP contribution < -0.4 is 5.73 Å². The molecule has 1 aliphatic heterocycles. The van der Waals surface area contributed by atoms with E-state index in [1.165, 1.54) is 0 Å². The van der Waals surface area contributed by atoms with Crippen molar-refractivity contribution in [3.8, 4) is 0 Å². The summed E-state index contributed by atoms with van der Waals surface area (Å²) in [7, 11) is 1.71. The molecule has 1 aromatic rings. The summed E-state index contributed by atoms with van der Waals surface area (Å²) in [6.07, 6.45) is 0.564. The van der Waals surface area contributed by atoms with Crippen LogP contribution in [-0.4, -0.2) is 41.8 Å². The van der Waals surface area contributed by atoms with Crippen LogP contribution in [0, 0.1) is 6.92 Å². The van der Waals surface area contributed by atoms with E-state index in [0.29, 0.717) is 19.6 Å². The number of ether oxygens (including phenoxy) is 1. The molecule has 2 heterocycles. The van der Waals surface area contributed by atoms with E-state index in [2.05, 4.69) is 5.16 Å². The first kappa shape index (κ1) is 12.1. The summed E-state index contributed by atoms with van der Waals surface area (Å²) >= 11 is 0. The van der Waals surface area contributed by atoms with Crippen LogP contribution in [0.3, 0.4) is 0 Å². The molecule has 1 saturated heterocycles. The van der Waals surface area contributed by atoms with Crippen molar-refractivity contribution in [2.45, 2.75) is 25.4 Å². The van der Waals surface area contributed by atoms with Crippen molar-refractivity contribution in [2.24, 2.45) is 5.73 Å². The van der Waals surface area contributed by atoms with E-state index in [1.54, 1.807) is 18.0 Å². The second-order valence-electron chi connectivity index (χ2n) is 4.55. The molecule has 1 unspecified atom stereocenters. The third-order valence-electron chi connectivity index (χ3n) is 2.90. The Morgan fingerprint density at radius 1 is 1.71 bits per heavy atom. The van der Waals surface area contributed by atoms with Crippen LogP contribution in [-0.2, 0) is 16.1 Å². The molecule has 2 N–H and O–H groups in total.